The molecule has 0 aliphatic carbocycles. The van der Waals surface area contributed by atoms with Crippen molar-refractivity contribution in [1.82, 2.24) is 0 Å². The molecule has 0 atom stereocenters. The van der Waals surface area contributed by atoms with Crippen molar-refractivity contribution in [3.63, 3.8) is 0 Å². The molecule has 2 aromatic rings. The van der Waals surface area contributed by atoms with E-state index in [0.717, 1.165) is 5.56 Å². The largest absolute Gasteiger partial charge is 0.497 e. The zero-order valence-electron chi connectivity index (χ0n) is 11.8. The maximum atomic E-state index is 13.5. The van der Waals surface area contributed by atoms with E-state index in [2.05, 4.69) is 0 Å². The summed E-state index contributed by atoms with van der Waals surface area (Å²) in [5.41, 5.74) is 0.694. The smallest absolute Gasteiger partial charge is 0.156 e. The van der Waals surface area contributed by atoms with Crippen LogP contribution in [0, 0.1) is 5.82 Å². The fraction of sp³-hybridized carbons (Fsp3) is 0.188. The minimum atomic E-state index is -0.606. The van der Waals surface area contributed by atoms with Crippen LogP contribution in [0.15, 0.2) is 36.4 Å². The van der Waals surface area contributed by atoms with E-state index in [1.807, 2.05) is 0 Å². The quantitative estimate of drug-likeness (QED) is 0.766. The molecule has 2 aromatic carbocycles. The topological polar surface area (TPSA) is 44.8 Å². The number of methoxy groups -OCH3 is 2. The molecule has 0 spiro atoms. The van der Waals surface area contributed by atoms with Crippen LogP contribution in [0.3, 0.4) is 0 Å². The summed E-state index contributed by atoms with van der Waals surface area (Å²) >= 11 is 0. The molecule has 0 saturated heterocycles. The molecule has 0 aliphatic rings. The minimum Gasteiger partial charge on any atom is -0.497 e. The van der Waals surface area contributed by atoms with Crippen molar-refractivity contribution in [1.29, 1.82) is 0 Å². The van der Waals surface area contributed by atoms with Gasteiger partial charge >= 0.3 is 0 Å². The lowest BCUT2D eigenvalue weighted by Gasteiger charge is -2.11. The van der Waals surface area contributed by atoms with Gasteiger partial charge in [-0.3, -0.25) is 4.79 Å². The van der Waals surface area contributed by atoms with Gasteiger partial charge in [-0.05, 0) is 29.8 Å². The number of carbonyl (C=O) groups excluding carboxylic acids is 1. The number of aldehydes is 1. The summed E-state index contributed by atoms with van der Waals surface area (Å²) in [6.07, 6.45) is 0.441. The lowest BCUT2D eigenvalue weighted by molar-refractivity contribution is 0.111. The Morgan fingerprint density at radius 2 is 1.76 bits per heavy atom. The molecular weight excluding hydrogens is 275 g/mol. The average Bonchev–Trinajstić information content (AvgIpc) is 2.52. The zero-order chi connectivity index (χ0) is 15.2. The molecule has 0 unspecified atom stereocenters. The molecule has 0 radical (unpaired) electrons. The second-order valence-corrected chi connectivity index (χ2v) is 4.28. The van der Waals surface area contributed by atoms with Crippen molar-refractivity contribution < 1.29 is 23.4 Å². The van der Waals surface area contributed by atoms with E-state index in [1.54, 1.807) is 38.5 Å². The molecule has 110 valence electrons. The first-order valence-electron chi connectivity index (χ1n) is 6.26. The molecule has 2 rings (SSSR count). The summed E-state index contributed by atoms with van der Waals surface area (Å²) in [6.45, 7) is 0.165. The first-order valence-corrected chi connectivity index (χ1v) is 6.26. The molecular formula is C16H15FO4. The second kappa shape index (κ2) is 6.74. The number of carbonyl (C=O) groups is 1. The van der Waals surface area contributed by atoms with Crippen LogP contribution in [-0.2, 0) is 6.61 Å². The minimum absolute atomic E-state index is 0.0904. The van der Waals surface area contributed by atoms with Crippen LogP contribution in [0.1, 0.15) is 15.9 Å². The number of hydrogen-bond donors (Lipinski definition) is 0. The van der Waals surface area contributed by atoms with Crippen LogP contribution in [0.4, 0.5) is 4.39 Å². The Bertz CT molecular complexity index is 618. The van der Waals surface area contributed by atoms with Gasteiger partial charge in [0.05, 0.1) is 19.8 Å². The number of ether oxygens (including phenoxy) is 3. The van der Waals surface area contributed by atoms with Gasteiger partial charge in [0.1, 0.15) is 29.7 Å². The molecule has 0 aliphatic heterocycles. The molecule has 4 nitrogen and oxygen atoms in total. The van der Waals surface area contributed by atoms with Crippen molar-refractivity contribution in [3.8, 4) is 17.2 Å². The van der Waals surface area contributed by atoms with Gasteiger partial charge in [0.2, 0.25) is 0 Å². The van der Waals surface area contributed by atoms with E-state index >= 15 is 0 Å². The van der Waals surface area contributed by atoms with Gasteiger partial charge in [0.15, 0.2) is 6.29 Å². The van der Waals surface area contributed by atoms with E-state index in [0.29, 0.717) is 17.8 Å². The Balaban J connectivity index is 2.20. The van der Waals surface area contributed by atoms with Gasteiger partial charge < -0.3 is 14.2 Å². The lowest BCUT2D eigenvalue weighted by Crippen LogP contribution is -2.01. The number of rotatable bonds is 6. The molecule has 21 heavy (non-hydrogen) atoms. The Morgan fingerprint density at radius 3 is 2.33 bits per heavy atom. The second-order valence-electron chi connectivity index (χ2n) is 4.28. The summed E-state index contributed by atoms with van der Waals surface area (Å²) in [5, 5.41) is 0. The highest BCUT2D eigenvalue weighted by Crippen LogP contribution is 2.25. The number of halogens is 1. The molecule has 0 bridgehead atoms. The molecule has 0 N–H and O–H groups in total. The Kier molecular flexibility index (Phi) is 4.77. The SMILES string of the molecule is COc1cc(COc2cccc(F)c2C=O)cc(OC)c1. The number of benzene rings is 2. The van der Waals surface area contributed by atoms with E-state index < -0.39 is 5.82 Å². The summed E-state index contributed by atoms with van der Waals surface area (Å²) in [5.74, 6) is 0.850. The highest BCUT2D eigenvalue weighted by Gasteiger charge is 2.09. The van der Waals surface area contributed by atoms with Gasteiger partial charge in [-0.15, -0.1) is 0 Å². The summed E-state index contributed by atoms with van der Waals surface area (Å²) in [4.78, 5) is 10.9. The highest BCUT2D eigenvalue weighted by molar-refractivity contribution is 5.79. The van der Waals surface area contributed by atoms with Gasteiger partial charge in [0.25, 0.3) is 0 Å². The van der Waals surface area contributed by atoms with Crippen molar-refractivity contribution in [2.24, 2.45) is 0 Å². The summed E-state index contributed by atoms with van der Waals surface area (Å²) < 4.78 is 29.3. The van der Waals surface area contributed by atoms with Crippen LogP contribution >= 0.6 is 0 Å². The van der Waals surface area contributed by atoms with Gasteiger partial charge in [0, 0.05) is 6.07 Å². The Labute approximate surface area is 122 Å². The van der Waals surface area contributed by atoms with Gasteiger partial charge in [-0.25, -0.2) is 4.39 Å². The Hall–Kier alpha value is -2.56. The van der Waals surface area contributed by atoms with E-state index in [-0.39, 0.29) is 17.9 Å². The number of hydrogen-bond acceptors (Lipinski definition) is 4. The first kappa shape index (κ1) is 14.8. The maximum Gasteiger partial charge on any atom is 0.156 e. The third-order valence-corrected chi connectivity index (χ3v) is 2.94. The van der Waals surface area contributed by atoms with Crippen LogP contribution in [0.5, 0.6) is 17.2 Å². The molecule has 0 aromatic heterocycles. The summed E-state index contributed by atoms with van der Waals surface area (Å²) in [6, 6.07) is 9.55. The van der Waals surface area contributed by atoms with Gasteiger partial charge in [-0.1, -0.05) is 6.07 Å². The third kappa shape index (κ3) is 3.51. The van der Waals surface area contributed by atoms with Crippen LogP contribution in [0.25, 0.3) is 0 Å². The van der Waals surface area contributed by atoms with E-state index in [1.165, 1.54) is 12.1 Å². The maximum absolute atomic E-state index is 13.5. The van der Waals surface area contributed by atoms with Crippen molar-refractivity contribution in [2.45, 2.75) is 6.61 Å². The molecule has 5 heteroatoms. The predicted octanol–water partition coefficient (Wildman–Crippen LogP) is 3.23. The third-order valence-electron chi connectivity index (χ3n) is 2.94. The van der Waals surface area contributed by atoms with Crippen LogP contribution in [-0.4, -0.2) is 20.5 Å². The van der Waals surface area contributed by atoms with Crippen LogP contribution < -0.4 is 14.2 Å². The molecule has 0 heterocycles. The highest BCUT2D eigenvalue weighted by atomic mass is 19.1. The summed E-state index contributed by atoms with van der Waals surface area (Å²) in [7, 11) is 3.10. The normalized spacial score (nSPS) is 10.0. The standard InChI is InChI=1S/C16H15FO4/c1-19-12-6-11(7-13(8-12)20-2)10-21-16-5-3-4-15(17)14(16)9-18/h3-9H,10H2,1-2H3. The first-order chi connectivity index (χ1) is 10.2. The molecule has 0 amide bonds. The Morgan fingerprint density at radius 1 is 1.10 bits per heavy atom. The molecule has 0 fully saturated rings. The van der Waals surface area contributed by atoms with Crippen molar-refractivity contribution >= 4 is 6.29 Å². The van der Waals surface area contributed by atoms with Crippen molar-refractivity contribution in [3.05, 3.63) is 53.3 Å². The van der Waals surface area contributed by atoms with Crippen molar-refractivity contribution in [2.75, 3.05) is 14.2 Å². The molecule has 0 saturated carbocycles. The fourth-order valence-electron chi connectivity index (χ4n) is 1.87. The van der Waals surface area contributed by atoms with Gasteiger partial charge in [-0.2, -0.15) is 0 Å². The average molecular weight is 290 g/mol. The lowest BCUT2D eigenvalue weighted by atomic mass is 10.2. The predicted molar refractivity (Wildman–Crippen MR) is 75.7 cm³/mol. The van der Waals surface area contributed by atoms with Crippen LogP contribution in [0.2, 0.25) is 0 Å². The fourth-order valence-corrected chi connectivity index (χ4v) is 1.87. The zero-order valence-corrected chi connectivity index (χ0v) is 11.8. The monoisotopic (exact) mass is 290 g/mol. The van der Waals surface area contributed by atoms with E-state index in [4.69, 9.17) is 14.2 Å². The van der Waals surface area contributed by atoms with E-state index in [9.17, 15) is 9.18 Å².